The SMILES string of the molecule is CN=C(NCc1ccccc1CN1CCCCC1)N1CCC(OCCCOC)CC1. The molecule has 30 heavy (non-hydrogen) atoms. The van der Waals surface area contributed by atoms with Crippen LogP contribution in [0.15, 0.2) is 29.3 Å². The Morgan fingerprint density at radius 2 is 1.77 bits per heavy atom. The molecule has 2 heterocycles. The van der Waals surface area contributed by atoms with Gasteiger partial charge in [-0.05, 0) is 56.3 Å². The molecule has 1 aromatic rings. The average Bonchev–Trinajstić information content (AvgIpc) is 2.80. The monoisotopic (exact) mass is 416 g/mol. The van der Waals surface area contributed by atoms with E-state index in [9.17, 15) is 0 Å². The molecule has 168 valence electrons. The topological polar surface area (TPSA) is 49.3 Å². The molecule has 0 amide bonds. The van der Waals surface area contributed by atoms with Gasteiger partial charge in [0.15, 0.2) is 5.96 Å². The molecule has 2 saturated heterocycles. The zero-order chi connectivity index (χ0) is 21.0. The number of rotatable bonds is 9. The van der Waals surface area contributed by atoms with Crippen molar-refractivity contribution in [3.63, 3.8) is 0 Å². The summed E-state index contributed by atoms with van der Waals surface area (Å²) in [4.78, 5) is 9.50. The van der Waals surface area contributed by atoms with E-state index in [1.54, 1.807) is 7.11 Å². The van der Waals surface area contributed by atoms with Crippen LogP contribution in [-0.2, 0) is 22.6 Å². The maximum atomic E-state index is 5.99. The number of benzene rings is 1. The predicted molar refractivity (Wildman–Crippen MR) is 123 cm³/mol. The minimum Gasteiger partial charge on any atom is -0.385 e. The molecule has 0 radical (unpaired) electrons. The molecule has 2 aliphatic rings. The fraction of sp³-hybridized carbons (Fsp3) is 0.708. The Kier molecular flexibility index (Phi) is 9.93. The van der Waals surface area contributed by atoms with Crippen molar-refractivity contribution in [3.8, 4) is 0 Å². The number of aliphatic imine (C=N–C) groups is 1. The highest BCUT2D eigenvalue weighted by Gasteiger charge is 2.22. The zero-order valence-electron chi connectivity index (χ0n) is 18.9. The van der Waals surface area contributed by atoms with Gasteiger partial charge in [0.2, 0.25) is 0 Å². The summed E-state index contributed by atoms with van der Waals surface area (Å²) in [5, 5.41) is 3.61. The van der Waals surface area contributed by atoms with E-state index in [2.05, 4.69) is 44.4 Å². The molecule has 0 unspecified atom stereocenters. The first-order chi connectivity index (χ1) is 14.8. The van der Waals surface area contributed by atoms with Gasteiger partial charge in [0, 0.05) is 53.6 Å². The number of nitrogens with one attached hydrogen (secondary N) is 1. The largest absolute Gasteiger partial charge is 0.385 e. The van der Waals surface area contributed by atoms with Crippen LogP contribution >= 0.6 is 0 Å². The van der Waals surface area contributed by atoms with Crippen molar-refractivity contribution >= 4 is 5.96 Å². The predicted octanol–water partition coefficient (Wildman–Crippen LogP) is 3.27. The van der Waals surface area contributed by atoms with Gasteiger partial charge in [0.25, 0.3) is 0 Å². The molecule has 1 N–H and O–H groups in total. The summed E-state index contributed by atoms with van der Waals surface area (Å²) < 4.78 is 11.1. The number of piperidine rings is 2. The average molecular weight is 417 g/mol. The first-order valence-electron chi connectivity index (χ1n) is 11.7. The highest BCUT2D eigenvalue weighted by molar-refractivity contribution is 5.80. The van der Waals surface area contributed by atoms with Crippen molar-refractivity contribution in [2.75, 3.05) is 53.6 Å². The van der Waals surface area contributed by atoms with Gasteiger partial charge in [-0.25, -0.2) is 0 Å². The first-order valence-corrected chi connectivity index (χ1v) is 11.7. The minimum absolute atomic E-state index is 0.362. The maximum absolute atomic E-state index is 5.99. The smallest absolute Gasteiger partial charge is 0.193 e. The van der Waals surface area contributed by atoms with Gasteiger partial charge in [-0.3, -0.25) is 9.89 Å². The molecular weight excluding hydrogens is 376 g/mol. The van der Waals surface area contributed by atoms with E-state index in [1.807, 2.05) is 7.05 Å². The van der Waals surface area contributed by atoms with Crippen molar-refractivity contribution < 1.29 is 9.47 Å². The first kappa shape index (κ1) is 23.0. The maximum Gasteiger partial charge on any atom is 0.193 e. The Morgan fingerprint density at radius 3 is 2.47 bits per heavy atom. The van der Waals surface area contributed by atoms with Crippen LogP contribution in [0.2, 0.25) is 0 Å². The Bertz CT molecular complexity index is 638. The quantitative estimate of drug-likeness (QED) is 0.380. The summed E-state index contributed by atoms with van der Waals surface area (Å²) in [6.07, 6.45) is 7.49. The van der Waals surface area contributed by atoms with E-state index >= 15 is 0 Å². The summed E-state index contributed by atoms with van der Waals surface area (Å²) in [6.45, 7) is 7.88. The number of nitrogens with zero attached hydrogens (tertiary/aromatic N) is 3. The number of likely N-dealkylation sites (tertiary alicyclic amines) is 2. The van der Waals surface area contributed by atoms with Crippen molar-refractivity contribution in [2.45, 2.75) is 57.7 Å². The van der Waals surface area contributed by atoms with Gasteiger partial charge in [-0.1, -0.05) is 30.7 Å². The molecule has 0 atom stereocenters. The van der Waals surface area contributed by atoms with Gasteiger partial charge < -0.3 is 19.7 Å². The standard InChI is InChI=1S/C24H40N4O2/c1-25-24(28-15-11-23(12-16-28)30-18-8-17-29-2)26-19-21-9-4-5-10-22(21)20-27-13-6-3-7-14-27/h4-5,9-10,23H,3,6-8,11-20H2,1-2H3,(H,25,26). The lowest BCUT2D eigenvalue weighted by Gasteiger charge is -2.34. The van der Waals surface area contributed by atoms with Gasteiger partial charge in [-0.15, -0.1) is 0 Å². The zero-order valence-corrected chi connectivity index (χ0v) is 18.9. The van der Waals surface area contributed by atoms with Crippen molar-refractivity contribution in [1.29, 1.82) is 0 Å². The molecule has 0 aliphatic carbocycles. The lowest BCUT2D eigenvalue weighted by molar-refractivity contribution is 0.00989. The molecule has 6 nitrogen and oxygen atoms in total. The fourth-order valence-electron chi connectivity index (χ4n) is 4.44. The van der Waals surface area contributed by atoms with Gasteiger partial charge in [0.05, 0.1) is 6.10 Å². The molecular formula is C24H40N4O2. The Balaban J connectivity index is 1.46. The third kappa shape index (κ3) is 7.25. The van der Waals surface area contributed by atoms with Gasteiger partial charge >= 0.3 is 0 Å². The summed E-state index contributed by atoms with van der Waals surface area (Å²) in [7, 11) is 3.62. The van der Waals surface area contributed by atoms with E-state index in [0.29, 0.717) is 6.10 Å². The molecule has 6 heteroatoms. The van der Waals surface area contributed by atoms with Crippen molar-refractivity contribution in [1.82, 2.24) is 15.1 Å². The highest BCUT2D eigenvalue weighted by atomic mass is 16.5. The molecule has 0 spiro atoms. The van der Waals surface area contributed by atoms with Crippen LogP contribution in [0.5, 0.6) is 0 Å². The molecule has 0 bridgehead atoms. The number of methoxy groups -OCH3 is 1. The summed E-state index contributed by atoms with van der Waals surface area (Å²) in [5.41, 5.74) is 2.81. The van der Waals surface area contributed by atoms with E-state index < -0.39 is 0 Å². The molecule has 0 saturated carbocycles. The van der Waals surface area contributed by atoms with Gasteiger partial charge in [-0.2, -0.15) is 0 Å². The minimum atomic E-state index is 0.362. The fourth-order valence-corrected chi connectivity index (χ4v) is 4.44. The van der Waals surface area contributed by atoms with Crippen LogP contribution in [0.4, 0.5) is 0 Å². The summed E-state index contributed by atoms with van der Waals surface area (Å²) in [5.74, 6) is 1.00. The van der Waals surface area contributed by atoms with E-state index in [0.717, 1.165) is 64.6 Å². The number of hydrogen-bond acceptors (Lipinski definition) is 4. The molecule has 0 aromatic heterocycles. The number of hydrogen-bond donors (Lipinski definition) is 1. The van der Waals surface area contributed by atoms with E-state index in [1.165, 1.54) is 43.5 Å². The molecule has 2 fully saturated rings. The van der Waals surface area contributed by atoms with Crippen molar-refractivity contribution in [3.05, 3.63) is 35.4 Å². The molecule has 3 rings (SSSR count). The number of ether oxygens (including phenoxy) is 2. The Labute approximate surface area is 182 Å². The second kappa shape index (κ2) is 12.9. The third-order valence-electron chi connectivity index (χ3n) is 6.20. The normalized spacial score (nSPS) is 19.3. The Morgan fingerprint density at radius 1 is 1.03 bits per heavy atom. The highest BCUT2D eigenvalue weighted by Crippen LogP contribution is 2.17. The van der Waals surface area contributed by atoms with Crippen molar-refractivity contribution in [2.24, 2.45) is 4.99 Å². The van der Waals surface area contributed by atoms with Crippen LogP contribution in [-0.4, -0.2) is 75.4 Å². The second-order valence-electron chi connectivity index (χ2n) is 8.41. The van der Waals surface area contributed by atoms with Gasteiger partial charge in [0.1, 0.15) is 0 Å². The summed E-state index contributed by atoms with van der Waals surface area (Å²) in [6, 6.07) is 8.83. The van der Waals surface area contributed by atoms with Crippen LogP contribution in [0.25, 0.3) is 0 Å². The van der Waals surface area contributed by atoms with E-state index in [4.69, 9.17) is 9.47 Å². The lowest BCUT2D eigenvalue weighted by Crippen LogP contribution is -2.46. The second-order valence-corrected chi connectivity index (χ2v) is 8.41. The Hall–Kier alpha value is -1.63. The summed E-state index contributed by atoms with van der Waals surface area (Å²) >= 11 is 0. The van der Waals surface area contributed by atoms with Crippen LogP contribution < -0.4 is 5.32 Å². The molecule has 2 aliphatic heterocycles. The number of guanidine groups is 1. The lowest BCUT2D eigenvalue weighted by atomic mass is 10.0. The third-order valence-corrected chi connectivity index (χ3v) is 6.20. The van der Waals surface area contributed by atoms with Crippen LogP contribution in [0.3, 0.4) is 0 Å². The van der Waals surface area contributed by atoms with Crippen LogP contribution in [0.1, 0.15) is 49.7 Å². The molecule has 1 aromatic carbocycles. The van der Waals surface area contributed by atoms with E-state index in [-0.39, 0.29) is 0 Å². The van der Waals surface area contributed by atoms with Crippen LogP contribution in [0, 0.1) is 0 Å².